The predicted molar refractivity (Wildman–Crippen MR) is 80.7 cm³/mol. The Morgan fingerprint density at radius 2 is 2.24 bits per heavy atom. The molecular formula is C16H21N3O2. The second kappa shape index (κ2) is 7.77. The second-order valence-electron chi connectivity index (χ2n) is 4.88. The topological polar surface area (TPSA) is 68.5 Å². The van der Waals surface area contributed by atoms with Crippen LogP contribution in [0.4, 0.5) is 0 Å². The number of likely N-dealkylation sites (tertiary alicyclic amines) is 1. The fourth-order valence-electron chi connectivity index (χ4n) is 2.37. The number of piperidine rings is 1. The van der Waals surface area contributed by atoms with Gasteiger partial charge in [-0.25, -0.2) is 4.98 Å². The SMILES string of the molecule is CCOC1CCN(C(=O)c2ccc(C#CCN)cn2)CC1. The van der Waals surface area contributed by atoms with E-state index < -0.39 is 0 Å². The average Bonchev–Trinajstić information content (AvgIpc) is 2.54. The first kappa shape index (κ1) is 15.5. The molecule has 1 aromatic rings. The highest BCUT2D eigenvalue weighted by atomic mass is 16.5. The maximum absolute atomic E-state index is 12.4. The lowest BCUT2D eigenvalue weighted by Crippen LogP contribution is -2.41. The van der Waals surface area contributed by atoms with Gasteiger partial charge in [-0.15, -0.1) is 0 Å². The third-order valence-corrected chi connectivity index (χ3v) is 3.45. The van der Waals surface area contributed by atoms with E-state index in [4.69, 9.17) is 10.5 Å². The quantitative estimate of drug-likeness (QED) is 0.843. The van der Waals surface area contributed by atoms with E-state index in [-0.39, 0.29) is 12.0 Å². The highest BCUT2D eigenvalue weighted by molar-refractivity contribution is 5.92. The Balaban J connectivity index is 1.94. The molecule has 112 valence electrons. The molecule has 1 fully saturated rings. The normalized spacial score (nSPS) is 15.4. The number of ether oxygens (including phenoxy) is 1. The summed E-state index contributed by atoms with van der Waals surface area (Å²) < 4.78 is 5.59. The van der Waals surface area contributed by atoms with E-state index >= 15 is 0 Å². The van der Waals surface area contributed by atoms with Crippen molar-refractivity contribution in [3.8, 4) is 11.8 Å². The number of pyridine rings is 1. The van der Waals surface area contributed by atoms with Gasteiger partial charge in [-0.2, -0.15) is 0 Å². The number of hydrogen-bond donors (Lipinski definition) is 1. The van der Waals surface area contributed by atoms with E-state index in [1.807, 2.05) is 11.8 Å². The number of nitrogens with zero attached hydrogens (tertiary/aromatic N) is 2. The molecule has 0 aliphatic carbocycles. The van der Waals surface area contributed by atoms with E-state index in [0.717, 1.165) is 38.1 Å². The molecule has 0 unspecified atom stereocenters. The zero-order chi connectivity index (χ0) is 15.1. The summed E-state index contributed by atoms with van der Waals surface area (Å²) in [7, 11) is 0. The number of rotatable bonds is 3. The van der Waals surface area contributed by atoms with Crippen LogP contribution in [0.25, 0.3) is 0 Å². The zero-order valence-corrected chi connectivity index (χ0v) is 12.3. The largest absolute Gasteiger partial charge is 0.378 e. The summed E-state index contributed by atoms with van der Waals surface area (Å²) in [6, 6.07) is 3.52. The van der Waals surface area contributed by atoms with Gasteiger partial charge in [-0.05, 0) is 31.9 Å². The molecule has 0 aromatic carbocycles. The summed E-state index contributed by atoms with van der Waals surface area (Å²) in [6.45, 7) is 4.48. The Morgan fingerprint density at radius 1 is 1.48 bits per heavy atom. The molecule has 1 aromatic heterocycles. The number of hydrogen-bond acceptors (Lipinski definition) is 4. The Morgan fingerprint density at radius 3 is 2.81 bits per heavy atom. The number of amides is 1. The first-order chi connectivity index (χ1) is 10.2. The van der Waals surface area contributed by atoms with Crippen LogP contribution in [0.1, 0.15) is 35.8 Å². The summed E-state index contributed by atoms with van der Waals surface area (Å²) in [4.78, 5) is 18.4. The van der Waals surface area contributed by atoms with Gasteiger partial charge in [-0.1, -0.05) is 11.8 Å². The van der Waals surface area contributed by atoms with Crippen molar-refractivity contribution in [2.45, 2.75) is 25.9 Å². The second-order valence-corrected chi connectivity index (χ2v) is 4.88. The lowest BCUT2D eigenvalue weighted by Gasteiger charge is -2.31. The summed E-state index contributed by atoms with van der Waals surface area (Å²) in [5.74, 6) is 5.63. The van der Waals surface area contributed by atoms with E-state index in [2.05, 4.69) is 16.8 Å². The van der Waals surface area contributed by atoms with Crippen LogP contribution in [-0.4, -0.2) is 48.1 Å². The van der Waals surface area contributed by atoms with Crippen LogP contribution in [0, 0.1) is 11.8 Å². The van der Waals surface area contributed by atoms with Crippen molar-refractivity contribution < 1.29 is 9.53 Å². The lowest BCUT2D eigenvalue weighted by atomic mass is 10.1. The molecule has 5 heteroatoms. The molecule has 0 spiro atoms. The van der Waals surface area contributed by atoms with Crippen molar-refractivity contribution in [2.24, 2.45) is 5.73 Å². The molecule has 21 heavy (non-hydrogen) atoms. The van der Waals surface area contributed by atoms with E-state index in [9.17, 15) is 4.79 Å². The third kappa shape index (κ3) is 4.28. The molecule has 0 atom stereocenters. The minimum Gasteiger partial charge on any atom is -0.378 e. The summed E-state index contributed by atoms with van der Waals surface area (Å²) in [6.07, 6.45) is 3.67. The van der Waals surface area contributed by atoms with Gasteiger partial charge in [0.15, 0.2) is 0 Å². The van der Waals surface area contributed by atoms with Gasteiger partial charge in [0.1, 0.15) is 5.69 Å². The fourth-order valence-corrected chi connectivity index (χ4v) is 2.37. The first-order valence-electron chi connectivity index (χ1n) is 7.30. The van der Waals surface area contributed by atoms with Gasteiger partial charge in [0, 0.05) is 31.5 Å². The van der Waals surface area contributed by atoms with Gasteiger partial charge in [-0.3, -0.25) is 4.79 Å². The van der Waals surface area contributed by atoms with Crippen molar-refractivity contribution in [2.75, 3.05) is 26.2 Å². The van der Waals surface area contributed by atoms with Gasteiger partial charge in [0.25, 0.3) is 5.91 Å². The average molecular weight is 287 g/mol. The van der Waals surface area contributed by atoms with Crippen molar-refractivity contribution >= 4 is 5.91 Å². The van der Waals surface area contributed by atoms with Crippen LogP contribution in [0.2, 0.25) is 0 Å². The van der Waals surface area contributed by atoms with Gasteiger partial charge in [0.05, 0.1) is 12.6 Å². The van der Waals surface area contributed by atoms with Crippen molar-refractivity contribution in [1.29, 1.82) is 0 Å². The number of nitrogens with two attached hydrogens (primary N) is 1. The number of carbonyl (C=O) groups is 1. The molecule has 2 N–H and O–H groups in total. The highest BCUT2D eigenvalue weighted by Gasteiger charge is 2.24. The van der Waals surface area contributed by atoms with E-state index in [1.165, 1.54) is 0 Å². The smallest absolute Gasteiger partial charge is 0.272 e. The molecule has 2 rings (SSSR count). The van der Waals surface area contributed by atoms with Crippen LogP contribution in [0.5, 0.6) is 0 Å². The van der Waals surface area contributed by atoms with Crippen LogP contribution in [-0.2, 0) is 4.74 Å². The van der Waals surface area contributed by atoms with Crippen molar-refractivity contribution in [1.82, 2.24) is 9.88 Å². The minimum atomic E-state index is -0.0247. The Bertz CT molecular complexity index is 523. The van der Waals surface area contributed by atoms with E-state index in [0.29, 0.717) is 12.2 Å². The molecular weight excluding hydrogens is 266 g/mol. The van der Waals surface area contributed by atoms with Crippen LogP contribution in [0.3, 0.4) is 0 Å². The van der Waals surface area contributed by atoms with Crippen molar-refractivity contribution in [3.63, 3.8) is 0 Å². The summed E-state index contributed by atoms with van der Waals surface area (Å²) in [5.41, 5.74) is 6.55. The number of aromatic nitrogens is 1. The molecule has 1 aliphatic heterocycles. The summed E-state index contributed by atoms with van der Waals surface area (Å²) >= 11 is 0. The first-order valence-corrected chi connectivity index (χ1v) is 7.30. The summed E-state index contributed by atoms with van der Waals surface area (Å²) in [5, 5.41) is 0. The van der Waals surface area contributed by atoms with Crippen LogP contribution in [0.15, 0.2) is 18.3 Å². The molecule has 0 saturated carbocycles. The minimum absolute atomic E-state index is 0.0247. The van der Waals surface area contributed by atoms with Gasteiger partial charge < -0.3 is 15.4 Å². The fraction of sp³-hybridized carbons (Fsp3) is 0.500. The molecule has 1 amide bonds. The zero-order valence-electron chi connectivity index (χ0n) is 12.3. The maximum Gasteiger partial charge on any atom is 0.272 e. The molecule has 0 bridgehead atoms. The Labute approximate surface area is 125 Å². The van der Waals surface area contributed by atoms with Gasteiger partial charge >= 0.3 is 0 Å². The van der Waals surface area contributed by atoms with Crippen LogP contribution >= 0.6 is 0 Å². The maximum atomic E-state index is 12.4. The molecule has 5 nitrogen and oxygen atoms in total. The molecule has 2 heterocycles. The standard InChI is InChI=1S/C16H21N3O2/c1-2-21-14-7-10-19(11-8-14)16(20)15-6-5-13(12-18-15)4-3-9-17/h5-6,12,14H,2,7-11,17H2,1H3. The van der Waals surface area contributed by atoms with Crippen LogP contribution < -0.4 is 5.73 Å². The third-order valence-electron chi connectivity index (χ3n) is 3.45. The Kier molecular flexibility index (Phi) is 5.73. The molecule has 1 aliphatic rings. The predicted octanol–water partition coefficient (Wildman–Crippen LogP) is 1.03. The van der Waals surface area contributed by atoms with Gasteiger partial charge in [0.2, 0.25) is 0 Å². The lowest BCUT2D eigenvalue weighted by molar-refractivity contribution is 0.0144. The van der Waals surface area contributed by atoms with E-state index in [1.54, 1.807) is 18.3 Å². The number of carbonyl (C=O) groups excluding carboxylic acids is 1. The highest BCUT2D eigenvalue weighted by Crippen LogP contribution is 2.15. The molecule has 0 radical (unpaired) electrons. The Hall–Kier alpha value is -1.90. The molecule has 1 saturated heterocycles. The monoisotopic (exact) mass is 287 g/mol. The van der Waals surface area contributed by atoms with Crippen molar-refractivity contribution in [3.05, 3.63) is 29.6 Å².